The Bertz CT molecular complexity index is 577. The molecule has 0 spiro atoms. The summed E-state index contributed by atoms with van der Waals surface area (Å²) < 4.78 is 10.2. The molecule has 3 N–H and O–H groups in total. The Labute approximate surface area is 133 Å². The zero-order valence-electron chi connectivity index (χ0n) is 12.5. The summed E-state index contributed by atoms with van der Waals surface area (Å²) in [5.41, 5.74) is 1.33. The third kappa shape index (κ3) is 3.98. The fourth-order valence-electron chi connectivity index (χ4n) is 2.56. The first-order chi connectivity index (χ1) is 11.1. The molecule has 0 aliphatic carbocycles. The maximum Gasteiger partial charge on any atom is 0.413 e. The van der Waals surface area contributed by atoms with E-state index in [1.807, 2.05) is 0 Å². The Morgan fingerprint density at radius 1 is 1.39 bits per heavy atom. The number of hydrogen-bond acceptors (Lipinski definition) is 6. The summed E-state index contributed by atoms with van der Waals surface area (Å²) in [5, 5.41) is 14.9. The van der Waals surface area contributed by atoms with Crippen LogP contribution in [0.3, 0.4) is 0 Å². The summed E-state index contributed by atoms with van der Waals surface area (Å²) in [7, 11) is 0. The van der Waals surface area contributed by atoms with Crippen LogP contribution in [0.2, 0.25) is 0 Å². The highest BCUT2D eigenvalue weighted by molar-refractivity contribution is 5.95. The van der Waals surface area contributed by atoms with E-state index in [0.717, 1.165) is 5.69 Å². The van der Waals surface area contributed by atoms with Crippen molar-refractivity contribution < 1.29 is 24.2 Å². The largest absolute Gasteiger partial charge is 0.430 e. The smallest absolute Gasteiger partial charge is 0.413 e. The fourth-order valence-corrected chi connectivity index (χ4v) is 2.56. The van der Waals surface area contributed by atoms with Crippen LogP contribution < -0.4 is 15.5 Å². The number of ether oxygens (including phenoxy) is 2. The van der Waals surface area contributed by atoms with Gasteiger partial charge in [0.2, 0.25) is 0 Å². The first kappa shape index (κ1) is 15.7. The van der Waals surface area contributed by atoms with E-state index >= 15 is 0 Å². The van der Waals surface area contributed by atoms with Gasteiger partial charge in [-0.15, -0.1) is 0 Å². The minimum absolute atomic E-state index is 0.0813. The van der Waals surface area contributed by atoms with E-state index in [0.29, 0.717) is 31.8 Å². The predicted molar refractivity (Wildman–Crippen MR) is 82.1 cm³/mol. The highest BCUT2D eigenvalue weighted by atomic mass is 16.6. The van der Waals surface area contributed by atoms with E-state index in [-0.39, 0.29) is 12.5 Å². The molecule has 0 saturated carbocycles. The third-order valence-corrected chi connectivity index (χ3v) is 3.73. The number of β-amino-alcohol motifs (C(OH)–C–C–N with tert-alkyl or cyclic N) is 1. The summed E-state index contributed by atoms with van der Waals surface area (Å²) in [5.74, 6) is -0.0813. The number of aliphatic hydroxyl groups is 1. The number of morpholine rings is 1. The average molecular weight is 321 g/mol. The number of benzene rings is 1. The van der Waals surface area contributed by atoms with Crippen LogP contribution in [0.25, 0.3) is 0 Å². The molecule has 23 heavy (non-hydrogen) atoms. The standard InChI is InChI=1S/C15H19N3O5/c19-12-7-13(16-8-12)23-15(21)17-10-1-3-11(4-2-10)18-5-6-22-9-14(18)20/h1-4,12-13,16,19H,5-9H2,(H,17,21). The molecule has 124 valence electrons. The van der Waals surface area contributed by atoms with Gasteiger partial charge >= 0.3 is 6.09 Å². The van der Waals surface area contributed by atoms with Gasteiger partial charge in [0, 0.05) is 30.9 Å². The highest BCUT2D eigenvalue weighted by Gasteiger charge is 2.25. The van der Waals surface area contributed by atoms with Gasteiger partial charge < -0.3 is 19.5 Å². The van der Waals surface area contributed by atoms with E-state index in [4.69, 9.17) is 9.47 Å². The molecule has 2 aliphatic heterocycles. The van der Waals surface area contributed by atoms with Gasteiger partial charge in [0.25, 0.3) is 5.91 Å². The number of carbonyl (C=O) groups is 2. The van der Waals surface area contributed by atoms with E-state index in [1.165, 1.54) is 0 Å². The second-order valence-electron chi connectivity index (χ2n) is 5.46. The maximum absolute atomic E-state index is 11.8. The molecule has 0 aromatic heterocycles. The van der Waals surface area contributed by atoms with Crippen LogP contribution in [-0.2, 0) is 14.3 Å². The molecule has 1 aromatic rings. The minimum atomic E-state index is -0.591. The maximum atomic E-state index is 11.8. The van der Waals surface area contributed by atoms with Crippen molar-refractivity contribution in [3.8, 4) is 0 Å². The van der Waals surface area contributed by atoms with Crippen LogP contribution in [0.15, 0.2) is 24.3 Å². The van der Waals surface area contributed by atoms with Gasteiger partial charge in [0.15, 0.2) is 6.23 Å². The summed E-state index contributed by atoms with van der Waals surface area (Å²) in [6.07, 6.45) is -1.17. The summed E-state index contributed by atoms with van der Waals surface area (Å²) in [6, 6.07) is 6.93. The first-order valence-corrected chi connectivity index (χ1v) is 7.49. The molecule has 2 unspecified atom stereocenters. The van der Waals surface area contributed by atoms with Crippen molar-refractivity contribution in [3.05, 3.63) is 24.3 Å². The second-order valence-corrected chi connectivity index (χ2v) is 5.46. The topological polar surface area (TPSA) is 100 Å². The van der Waals surface area contributed by atoms with Crippen molar-refractivity contribution in [1.29, 1.82) is 0 Å². The average Bonchev–Trinajstić information content (AvgIpc) is 2.93. The number of rotatable bonds is 3. The zero-order chi connectivity index (χ0) is 16.2. The Kier molecular flexibility index (Phi) is 4.75. The summed E-state index contributed by atoms with van der Waals surface area (Å²) in [6.45, 7) is 1.54. The molecular formula is C15H19N3O5. The number of carbonyl (C=O) groups excluding carboxylic acids is 2. The Morgan fingerprint density at radius 3 is 2.83 bits per heavy atom. The normalized spacial score (nSPS) is 24.6. The summed E-state index contributed by atoms with van der Waals surface area (Å²) >= 11 is 0. The van der Waals surface area contributed by atoms with Crippen molar-refractivity contribution in [2.75, 3.05) is 36.5 Å². The van der Waals surface area contributed by atoms with Crippen LogP contribution in [0.1, 0.15) is 6.42 Å². The second kappa shape index (κ2) is 6.95. The van der Waals surface area contributed by atoms with Crippen LogP contribution in [0.5, 0.6) is 0 Å². The Morgan fingerprint density at radius 2 is 2.17 bits per heavy atom. The number of nitrogens with one attached hydrogen (secondary N) is 2. The zero-order valence-corrected chi connectivity index (χ0v) is 12.5. The van der Waals surface area contributed by atoms with Crippen LogP contribution in [0, 0.1) is 0 Å². The molecule has 2 heterocycles. The quantitative estimate of drug-likeness (QED) is 0.739. The lowest BCUT2D eigenvalue weighted by molar-refractivity contribution is -0.125. The van der Waals surface area contributed by atoms with Gasteiger partial charge in [-0.25, -0.2) is 4.79 Å². The number of hydrogen-bond donors (Lipinski definition) is 3. The number of aliphatic hydroxyl groups excluding tert-OH is 1. The SMILES string of the molecule is O=C(Nc1ccc(N2CCOCC2=O)cc1)OC1CC(O)CN1. The van der Waals surface area contributed by atoms with E-state index in [1.54, 1.807) is 29.2 Å². The third-order valence-electron chi connectivity index (χ3n) is 3.73. The Balaban J connectivity index is 1.54. The molecule has 0 bridgehead atoms. The van der Waals surface area contributed by atoms with Gasteiger partial charge in [-0.3, -0.25) is 15.4 Å². The molecule has 3 rings (SSSR count). The van der Waals surface area contributed by atoms with Gasteiger partial charge in [-0.2, -0.15) is 0 Å². The van der Waals surface area contributed by atoms with Crippen molar-refractivity contribution in [1.82, 2.24) is 5.32 Å². The number of nitrogens with zero attached hydrogens (tertiary/aromatic N) is 1. The molecule has 2 fully saturated rings. The van der Waals surface area contributed by atoms with Crippen molar-refractivity contribution >= 4 is 23.4 Å². The van der Waals surface area contributed by atoms with Crippen LogP contribution >= 0.6 is 0 Å². The molecule has 8 nitrogen and oxygen atoms in total. The van der Waals surface area contributed by atoms with Crippen LogP contribution in [-0.4, -0.2) is 55.7 Å². The van der Waals surface area contributed by atoms with Crippen molar-refractivity contribution in [2.45, 2.75) is 18.8 Å². The van der Waals surface area contributed by atoms with Crippen molar-refractivity contribution in [2.24, 2.45) is 0 Å². The molecule has 8 heteroatoms. The molecular weight excluding hydrogens is 302 g/mol. The molecule has 2 aliphatic rings. The van der Waals surface area contributed by atoms with E-state index in [2.05, 4.69) is 10.6 Å². The molecule has 1 aromatic carbocycles. The Hall–Kier alpha value is -2.16. The summed E-state index contributed by atoms with van der Waals surface area (Å²) in [4.78, 5) is 25.2. The van der Waals surface area contributed by atoms with Gasteiger partial charge in [-0.1, -0.05) is 0 Å². The lowest BCUT2D eigenvalue weighted by atomic mass is 10.2. The van der Waals surface area contributed by atoms with Crippen LogP contribution in [0.4, 0.5) is 16.2 Å². The molecule has 2 saturated heterocycles. The van der Waals surface area contributed by atoms with Gasteiger partial charge in [0.05, 0.1) is 12.7 Å². The minimum Gasteiger partial charge on any atom is -0.430 e. The van der Waals surface area contributed by atoms with Crippen molar-refractivity contribution in [3.63, 3.8) is 0 Å². The van der Waals surface area contributed by atoms with E-state index < -0.39 is 18.4 Å². The number of anilines is 2. The number of amides is 2. The molecule has 2 atom stereocenters. The first-order valence-electron chi connectivity index (χ1n) is 7.49. The van der Waals surface area contributed by atoms with E-state index in [9.17, 15) is 14.7 Å². The predicted octanol–water partition coefficient (Wildman–Crippen LogP) is 0.279. The fraction of sp³-hybridized carbons (Fsp3) is 0.467. The monoisotopic (exact) mass is 321 g/mol. The van der Waals surface area contributed by atoms with Gasteiger partial charge in [-0.05, 0) is 24.3 Å². The lowest BCUT2D eigenvalue weighted by Gasteiger charge is -2.26. The van der Waals surface area contributed by atoms with Gasteiger partial charge in [0.1, 0.15) is 6.61 Å². The lowest BCUT2D eigenvalue weighted by Crippen LogP contribution is -2.41. The highest BCUT2D eigenvalue weighted by Crippen LogP contribution is 2.20. The molecule has 2 amide bonds. The molecule has 0 radical (unpaired) electrons.